The number of fused-ring (bicyclic) bond motifs is 6. The van der Waals surface area contributed by atoms with Crippen LogP contribution >= 0.6 is 11.3 Å². The van der Waals surface area contributed by atoms with Crippen LogP contribution in [0.3, 0.4) is 0 Å². The third kappa shape index (κ3) is 8.06. The molecule has 9 aromatic carbocycles. The van der Waals surface area contributed by atoms with E-state index in [0.717, 1.165) is 22.7 Å². The summed E-state index contributed by atoms with van der Waals surface area (Å²) in [6, 6.07) is 79.7. The number of nitrogens with zero attached hydrogens (tertiary/aromatic N) is 3. The number of anilines is 9. The Morgan fingerprint density at radius 3 is 1.63 bits per heavy atom. The van der Waals surface area contributed by atoms with E-state index in [0.29, 0.717) is 0 Å². The van der Waals surface area contributed by atoms with Gasteiger partial charge in [-0.05, 0) is 134 Å². The summed E-state index contributed by atoms with van der Waals surface area (Å²) in [5, 5.41) is 1.31. The van der Waals surface area contributed by atoms with Gasteiger partial charge in [0.25, 0.3) is 6.71 Å². The number of benzene rings is 9. The van der Waals surface area contributed by atoms with Crippen molar-refractivity contribution in [2.24, 2.45) is 0 Å². The lowest BCUT2D eigenvalue weighted by Crippen LogP contribution is -2.60. The summed E-state index contributed by atoms with van der Waals surface area (Å²) in [6.07, 6.45) is 0. The van der Waals surface area contributed by atoms with Crippen LogP contribution in [0.15, 0.2) is 212 Å². The second kappa shape index (κ2) is 17.6. The number of rotatable bonds is 7. The Morgan fingerprint density at radius 1 is 0.411 bits per heavy atom. The van der Waals surface area contributed by atoms with Crippen LogP contribution in [0, 0.1) is 0 Å². The van der Waals surface area contributed by atoms with Crippen molar-refractivity contribution >= 4 is 95.0 Å². The highest BCUT2D eigenvalue weighted by molar-refractivity contribution is 7.33. The van der Waals surface area contributed by atoms with Crippen LogP contribution in [0.2, 0.25) is 0 Å². The van der Waals surface area contributed by atoms with E-state index in [4.69, 9.17) is 0 Å². The fourth-order valence-electron chi connectivity index (χ4n) is 11.2. The van der Waals surface area contributed by atoms with Crippen LogP contribution < -0.4 is 30.4 Å². The zero-order valence-corrected chi connectivity index (χ0v) is 44.4. The summed E-state index contributed by atoms with van der Waals surface area (Å²) >= 11 is 1.96. The van der Waals surface area contributed by atoms with Gasteiger partial charge in [-0.15, -0.1) is 11.3 Å². The Bertz CT molecular complexity index is 3690. The molecule has 0 fully saturated rings. The van der Waals surface area contributed by atoms with E-state index < -0.39 is 0 Å². The van der Waals surface area contributed by atoms with E-state index in [9.17, 15) is 0 Å². The highest BCUT2D eigenvalue weighted by Crippen LogP contribution is 2.51. The summed E-state index contributed by atoms with van der Waals surface area (Å²) in [5.74, 6) is 0. The van der Waals surface area contributed by atoms with Crippen molar-refractivity contribution in [1.82, 2.24) is 0 Å². The number of para-hydroxylation sites is 2. The predicted molar refractivity (Wildman–Crippen MR) is 318 cm³/mol. The van der Waals surface area contributed by atoms with Gasteiger partial charge in [-0.2, -0.15) is 0 Å². The molecule has 0 unspecified atom stereocenters. The van der Waals surface area contributed by atoms with E-state index in [-0.39, 0.29) is 23.0 Å². The SMILES string of the molecule is CC(C)(C)c1ccc(N2c3cccc4c3B(c3ccc(N(c5ccccc5)c5ccccc5-c5ccccc5)cc3N4c3ccc(C(C)(C)C)cc3-c3ccccc3)c3sc4ccc(C(C)(C)C)cc4c32)cc1. The summed E-state index contributed by atoms with van der Waals surface area (Å²) < 4.78 is 2.68. The molecule has 3 heterocycles. The van der Waals surface area contributed by atoms with Crippen LogP contribution in [-0.4, -0.2) is 6.71 Å². The van der Waals surface area contributed by atoms with Crippen molar-refractivity contribution in [3.63, 3.8) is 0 Å². The molecule has 0 amide bonds. The maximum absolute atomic E-state index is 2.60. The van der Waals surface area contributed by atoms with Gasteiger partial charge < -0.3 is 14.7 Å². The first kappa shape index (κ1) is 46.5. The molecule has 0 atom stereocenters. The second-order valence-corrected chi connectivity index (χ2v) is 24.1. The molecule has 10 aromatic rings. The molecule has 0 bridgehead atoms. The van der Waals surface area contributed by atoms with E-state index in [1.54, 1.807) is 0 Å². The smallest absolute Gasteiger partial charge is 0.264 e. The molecule has 2 aliphatic heterocycles. The maximum Gasteiger partial charge on any atom is 0.264 e. The molecule has 12 rings (SSSR count). The lowest BCUT2D eigenvalue weighted by atomic mass is 9.36. The van der Waals surface area contributed by atoms with Gasteiger partial charge in [0, 0.05) is 60.1 Å². The molecule has 2 aliphatic rings. The quantitative estimate of drug-likeness (QED) is 0.147. The van der Waals surface area contributed by atoms with Gasteiger partial charge in [0.1, 0.15) is 0 Å². The lowest BCUT2D eigenvalue weighted by molar-refractivity contribution is 0.590. The molecule has 5 heteroatoms. The molecule has 0 N–H and O–H groups in total. The summed E-state index contributed by atoms with van der Waals surface area (Å²) in [5.41, 5.74) is 21.8. The molecule has 3 nitrogen and oxygen atoms in total. The second-order valence-electron chi connectivity index (χ2n) is 23.0. The van der Waals surface area contributed by atoms with E-state index >= 15 is 0 Å². The molecule has 1 aromatic heterocycles. The topological polar surface area (TPSA) is 9.72 Å². The third-order valence-corrected chi connectivity index (χ3v) is 16.3. The summed E-state index contributed by atoms with van der Waals surface area (Å²) in [4.78, 5) is 7.65. The van der Waals surface area contributed by atoms with Gasteiger partial charge in [0.05, 0.1) is 17.1 Å². The number of hydrogen-bond acceptors (Lipinski definition) is 4. The molecule has 0 radical (unpaired) electrons. The first-order valence-corrected chi connectivity index (χ1v) is 26.7. The Labute approximate surface area is 437 Å². The fraction of sp³-hybridized carbons (Fsp3) is 0.176. The number of thiophene rings is 1. The van der Waals surface area contributed by atoms with Crippen LogP contribution in [0.4, 0.5) is 51.2 Å². The standard InChI is InChI=1S/C68H62BN3S/c1-66(2,3)47-32-36-51(37-33-47)71-59-30-21-31-60-63(59)69(65-64(71)55-43-49(68(7,8)9)35-41-62(55)73-65)56-39-38-52(70(50-26-17-12-18-27-50)57-29-20-19-28-53(57)45-22-13-10-14-23-45)44-61(56)72(60)58-40-34-48(67(4,5)6)42-54(58)46-24-15-11-16-25-46/h10-44H,1-9H3. The predicted octanol–water partition coefficient (Wildman–Crippen LogP) is 17.7. The zero-order valence-electron chi connectivity index (χ0n) is 43.5. The van der Waals surface area contributed by atoms with Crippen molar-refractivity contribution in [1.29, 1.82) is 0 Å². The molecule has 0 saturated heterocycles. The van der Waals surface area contributed by atoms with Crippen LogP contribution in [-0.2, 0) is 16.2 Å². The average molecular weight is 964 g/mol. The Hall–Kier alpha value is -7.60. The molecule has 0 spiro atoms. The van der Waals surface area contributed by atoms with Crippen LogP contribution in [0.25, 0.3) is 32.3 Å². The highest BCUT2D eigenvalue weighted by Gasteiger charge is 2.46. The van der Waals surface area contributed by atoms with E-state index in [2.05, 4.69) is 289 Å². The monoisotopic (exact) mass is 963 g/mol. The van der Waals surface area contributed by atoms with Gasteiger partial charge in [-0.3, -0.25) is 0 Å². The van der Waals surface area contributed by atoms with Gasteiger partial charge in [-0.1, -0.05) is 196 Å². The minimum atomic E-state index is -0.0537. The van der Waals surface area contributed by atoms with Crippen LogP contribution in [0.1, 0.15) is 79.0 Å². The van der Waals surface area contributed by atoms with E-state index in [1.807, 2.05) is 11.3 Å². The minimum absolute atomic E-state index is 0.0148. The van der Waals surface area contributed by atoms with Crippen LogP contribution in [0.5, 0.6) is 0 Å². The normalized spacial score (nSPS) is 13.2. The first-order chi connectivity index (χ1) is 35.1. The maximum atomic E-state index is 2.60. The zero-order chi connectivity index (χ0) is 50.4. The molecular formula is C68H62BN3S. The van der Waals surface area contributed by atoms with Crippen molar-refractivity contribution in [2.45, 2.75) is 78.6 Å². The average Bonchev–Trinajstić information content (AvgIpc) is 3.78. The van der Waals surface area contributed by atoms with Gasteiger partial charge >= 0.3 is 0 Å². The molecule has 0 aliphatic carbocycles. The third-order valence-electron chi connectivity index (χ3n) is 15.1. The molecule has 73 heavy (non-hydrogen) atoms. The minimum Gasteiger partial charge on any atom is -0.311 e. The van der Waals surface area contributed by atoms with Gasteiger partial charge in [-0.25, -0.2) is 0 Å². The fourth-order valence-corrected chi connectivity index (χ4v) is 12.5. The van der Waals surface area contributed by atoms with Crippen molar-refractivity contribution in [3.05, 3.63) is 229 Å². The van der Waals surface area contributed by atoms with Gasteiger partial charge in [0.2, 0.25) is 0 Å². The van der Waals surface area contributed by atoms with Crippen molar-refractivity contribution in [2.75, 3.05) is 14.7 Å². The van der Waals surface area contributed by atoms with E-state index in [1.165, 1.54) is 93.2 Å². The lowest BCUT2D eigenvalue weighted by Gasteiger charge is -2.44. The van der Waals surface area contributed by atoms with Crippen molar-refractivity contribution < 1.29 is 0 Å². The number of hydrogen-bond donors (Lipinski definition) is 0. The molecular weight excluding hydrogens is 902 g/mol. The van der Waals surface area contributed by atoms with Crippen molar-refractivity contribution in [3.8, 4) is 22.3 Å². The van der Waals surface area contributed by atoms with Gasteiger partial charge in [0.15, 0.2) is 0 Å². The molecule has 0 saturated carbocycles. The largest absolute Gasteiger partial charge is 0.311 e. The Balaban J connectivity index is 1.17. The summed E-state index contributed by atoms with van der Waals surface area (Å²) in [6.45, 7) is 20.8. The summed E-state index contributed by atoms with van der Waals surface area (Å²) in [7, 11) is 0. The Kier molecular flexibility index (Phi) is 11.2. The Morgan fingerprint density at radius 2 is 0.973 bits per heavy atom. The first-order valence-electron chi connectivity index (χ1n) is 25.9. The highest BCUT2D eigenvalue weighted by atomic mass is 32.1. The molecule has 358 valence electrons.